The van der Waals surface area contributed by atoms with Gasteiger partial charge in [-0.25, -0.2) is 0 Å². The Labute approximate surface area is 189 Å². The van der Waals surface area contributed by atoms with Crippen LogP contribution in [0.25, 0.3) is 0 Å². The van der Waals surface area contributed by atoms with Crippen molar-refractivity contribution in [1.29, 1.82) is 0 Å². The summed E-state index contributed by atoms with van der Waals surface area (Å²) < 4.78 is 16.0. The molecule has 2 aromatic rings. The number of amides is 2. The number of rotatable bonds is 10. The van der Waals surface area contributed by atoms with Gasteiger partial charge in [0.25, 0.3) is 17.5 Å². The number of thiocarbonyl (C=S) groups is 1. The number of benzene rings is 2. The molecule has 11 nitrogen and oxygen atoms in total. The van der Waals surface area contributed by atoms with Gasteiger partial charge in [0.15, 0.2) is 11.7 Å². The van der Waals surface area contributed by atoms with Crippen LogP contribution in [0.2, 0.25) is 0 Å². The summed E-state index contributed by atoms with van der Waals surface area (Å²) in [5.74, 6) is -0.457. The van der Waals surface area contributed by atoms with Gasteiger partial charge in [-0.15, -0.1) is 0 Å². The predicted molar refractivity (Wildman–Crippen MR) is 118 cm³/mol. The van der Waals surface area contributed by atoms with Crippen LogP contribution in [-0.2, 0) is 9.53 Å². The van der Waals surface area contributed by atoms with Gasteiger partial charge in [-0.05, 0) is 43.4 Å². The normalized spacial score (nSPS) is 10.0. The molecule has 0 atom stereocenters. The van der Waals surface area contributed by atoms with Gasteiger partial charge in [-0.1, -0.05) is 12.1 Å². The average Bonchev–Trinajstić information content (AvgIpc) is 2.79. The van der Waals surface area contributed by atoms with Crippen molar-refractivity contribution >= 4 is 34.8 Å². The lowest BCUT2D eigenvalue weighted by Crippen LogP contribution is -2.49. The first kappa shape index (κ1) is 24.5. The van der Waals surface area contributed by atoms with Crippen molar-refractivity contribution in [2.45, 2.75) is 6.92 Å². The Morgan fingerprint density at radius 2 is 1.75 bits per heavy atom. The highest BCUT2D eigenvalue weighted by molar-refractivity contribution is 7.80. The summed E-state index contributed by atoms with van der Waals surface area (Å²) in [5, 5.41) is 12.9. The minimum Gasteiger partial charge on any atom is -0.490 e. The Morgan fingerprint density at radius 1 is 1.03 bits per heavy atom. The van der Waals surface area contributed by atoms with Crippen LogP contribution in [0.1, 0.15) is 17.3 Å². The monoisotopic (exact) mass is 462 g/mol. The van der Waals surface area contributed by atoms with Crippen LogP contribution in [0.15, 0.2) is 48.5 Å². The van der Waals surface area contributed by atoms with E-state index in [1.54, 1.807) is 24.3 Å². The third-order valence-electron chi connectivity index (χ3n) is 3.78. The second-order valence-corrected chi connectivity index (χ2v) is 6.45. The van der Waals surface area contributed by atoms with Crippen LogP contribution < -0.4 is 25.6 Å². The minimum atomic E-state index is -0.584. The van der Waals surface area contributed by atoms with E-state index >= 15 is 0 Å². The summed E-state index contributed by atoms with van der Waals surface area (Å²) >= 11 is 5.01. The highest BCUT2D eigenvalue weighted by Gasteiger charge is 2.14. The number of carbonyl (C=O) groups excluding carboxylic acids is 2. The zero-order valence-electron chi connectivity index (χ0n) is 17.2. The summed E-state index contributed by atoms with van der Waals surface area (Å²) in [4.78, 5) is 34.4. The Balaban J connectivity index is 1.77. The predicted octanol–water partition coefficient (Wildman–Crippen LogP) is 1.72. The second-order valence-electron chi connectivity index (χ2n) is 6.04. The number of hydrogen-bond acceptors (Lipinski definition) is 8. The Kier molecular flexibility index (Phi) is 9.81. The number of non-ortho nitro benzene ring substituents is 1. The number of para-hydroxylation sites is 1. The number of nitro benzene ring substituents is 1. The number of ether oxygens (including phenoxy) is 3. The van der Waals surface area contributed by atoms with Gasteiger partial charge in [-0.3, -0.25) is 35.9 Å². The van der Waals surface area contributed by atoms with E-state index in [0.29, 0.717) is 19.0 Å². The molecular formula is C20H22N4O7S. The number of nitrogens with one attached hydrogen (secondary N) is 3. The number of carbonyl (C=O) groups is 2. The minimum absolute atomic E-state index is 0.0918. The third-order valence-corrected chi connectivity index (χ3v) is 3.99. The van der Waals surface area contributed by atoms with Crippen molar-refractivity contribution in [2.24, 2.45) is 0 Å². The fraction of sp³-hybridized carbons (Fsp3) is 0.250. The van der Waals surface area contributed by atoms with Crippen LogP contribution in [-0.4, -0.2) is 48.3 Å². The fourth-order valence-electron chi connectivity index (χ4n) is 2.31. The van der Waals surface area contributed by atoms with Gasteiger partial charge in [0.2, 0.25) is 0 Å². The van der Waals surface area contributed by atoms with E-state index in [0.717, 1.165) is 0 Å². The molecule has 0 aliphatic rings. The first-order valence-electron chi connectivity index (χ1n) is 9.47. The molecule has 32 heavy (non-hydrogen) atoms. The standard InChI is InChI=1S/C20H22N4O7S/c1-2-29-11-12-30-17-6-4-3-5-16(17)19(26)21-20(32)23-22-18(25)13-31-15-9-7-14(8-10-15)24(27)28/h3-10H,2,11-13H2,1H3,(H,22,25)(H2,21,23,26,32). The summed E-state index contributed by atoms with van der Waals surface area (Å²) in [6.45, 7) is 2.73. The molecule has 170 valence electrons. The molecule has 2 rings (SSSR count). The number of nitrogens with zero attached hydrogens (tertiary/aromatic N) is 1. The molecule has 0 aliphatic heterocycles. The van der Waals surface area contributed by atoms with Crippen LogP contribution in [0.3, 0.4) is 0 Å². The van der Waals surface area contributed by atoms with Crippen LogP contribution in [0.4, 0.5) is 5.69 Å². The molecule has 3 N–H and O–H groups in total. The molecule has 0 saturated carbocycles. The lowest BCUT2D eigenvalue weighted by Gasteiger charge is -2.13. The summed E-state index contributed by atoms with van der Waals surface area (Å²) in [5.41, 5.74) is 4.84. The van der Waals surface area contributed by atoms with Gasteiger partial charge in [0.05, 0.1) is 17.1 Å². The van der Waals surface area contributed by atoms with Gasteiger partial charge in [0.1, 0.15) is 18.1 Å². The lowest BCUT2D eigenvalue weighted by molar-refractivity contribution is -0.384. The van der Waals surface area contributed by atoms with E-state index in [1.807, 2.05) is 6.92 Å². The van der Waals surface area contributed by atoms with Crippen molar-refractivity contribution in [1.82, 2.24) is 16.2 Å². The summed E-state index contributed by atoms with van der Waals surface area (Å²) in [7, 11) is 0. The largest absolute Gasteiger partial charge is 0.490 e. The van der Waals surface area contributed by atoms with Gasteiger partial charge in [-0.2, -0.15) is 0 Å². The summed E-state index contributed by atoms with van der Waals surface area (Å²) in [6.07, 6.45) is 0. The van der Waals surface area contributed by atoms with E-state index in [9.17, 15) is 19.7 Å². The zero-order valence-corrected chi connectivity index (χ0v) is 18.0. The highest BCUT2D eigenvalue weighted by atomic mass is 32.1. The smallest absolute Gasteiger partial charge is 0.276 e. The Hall–Kier alpha value is -3.77. The summed E-state index contributed by atoms with van der Waals surface area (Å²) in [6, 6.07) is 11.9. The molecule has 0 fully saturated rings. The molecule has 2 amide bonds. The molecule has 0 saturated heterocycles. The molecule has 2 aromatic carbocycles. The van der Waals surface area contributed by atoms with Crippen molar-refractivity contribution < 1.29 is 28.7 Å². The van der Waals surface area contributed by atoms with Crippen molar-refractivity contribution in [2.75, 3.05) is 26.4 Å². The fourth-order valence-corrected chi connectivity index (χ4v) is 2.46. The third kappa shape index (κ3) is 8.16. The molecule has 0 heterocycles. The maximum absolute atomic E-state index is 12.5. The van der Waals surface area contributed by atoms with E-state index in [4.69, 9.17) is 26.4 Å². The second kappa shape index (κ2) is 12.8. The van der Waals surface area contributed by atoms with Crippen molar-refractivity contribution in [3.05, 3.63) is 64.2 Å². The Bertz CT molecular complexity index is 953. The van der Waals surface area contributed by atoms with Gasteiger partial charge < -0.3 is 14.2 Å². The SMILES string of the molecule is CCOCCOc1ccccc1C(=O)NC(=S)NNC(=O)COc1ccc([N+](=O)[O-])cc1. The van der Waals surface area contributed by atoms with Gasteiger partial charge >= 0.3 is 0 Å². The zero-order chi connectivity index (χ0) is 23.3. The molecule has 0 bridgehead atoms. The highest BCUT2D eigenvalue weighted by Crippen LogP contribution is 2.18. The first-order valence-corrected chi connectivity index (χ1v) is 9.88. The van der Waals surface area contributed by atoms with Crippen LogP contribution >= 0.6 is 12.2 Å². The molecule has 0 spiro atoms. The number of hydrogen-bond donors (Lipinski definition) is 3. The maximum Gasteiger partial charge on any atom is 0.276 e. The van der Waals surface area contributed by atoms with Crippen molar-refractivity contribution in [3.63, 3.8) is 0 Å². The van der Waals surface area contributed by atoms with E-state index in [1.165, 1.54) is 24.3 Å². The number of nitro groups is 1. The molecule has 0 unspecified atom stereocenters. The van der Waals surface area contributed by atoms with Gasteiger partial charge in [0, 0.05) is 18.7 Å². The van der Waals surface area contributed by atoms with E-state index < -0.39 is 16.7 Å². The van der Waals surface area contributed by atoms with Crippen LogP contribution in [0, 0.1) is 10.1 Å². The number of hydrazine groups is 1. The quantitative estimate of drug-likeness (QED) is 0.208. The maximum atomic E-state index is 12.5. The molecule has 12 heteroatoms. The van der Waals surface area contributed by atoms with Crippen LogP contribution in [0.5, 0.6) is 11.5 Å². The first-order chi connectivity index (χ1) is 15.4. The lowest BCUT2D eigenvalue weighted by atomic mass is 10.2. The Morgan fingerprint density at radius 3 is 2.44 bits per heavy atom. The molecule has 0 aromatic heterocycles. The van der Waals surface area contributed by atoms with E-state index in [-0.39, 0.29) is 35.3 Å². The molecular weight excluding hydrogens is 440 g/mol. The molecule has 0 aliphatic carbocycles. The average molecular weight is 462 g/mol. The molecule has 0 radical (unpaired) electrons. The topological polar surface area (TPSA) is 141 Å². The van der Waals surface area contributed by atoms with E-state index in [2.05, 4.69) is 16.2 Å². The van der Waals surface area contributed by atoms with Crippen molar-refractivity contribution in [3.8, 4) is 11.5 Å².